The SMILES string of the molecule is Oc1c(Br)cc(Cl)cc1C=Nc1cc(C(F)(F)F)ccc1N1CCCCC1. The van der Waals surface area contributed by atoms with Crippen molar-refractivity contribution in [2.45, 2.75) is 25.4 Å². The van der Waals surface area contributed by atoms with E-state index in [1.54, 1.807) is 0 Å². The van der Waals surface area contributed by atoms with Gasteiger partial charge in [0.05, 0.1) is 21.4 Å². The molecule has 0 amide bonds. The Morgan fingerprint density at radius 2 is 1.81 bits per heavy atom. The summed E-state index contributed by atoms with van der Waals surface area (Å²) >= 11 is 9.17. The van der Waals surface area contributed by atoms with Gasteiger partial charge in [0.1, 0.15) is 5.75 Å². The van der Waals surface area contributed by atoms with Crippen molar-refractivity contribution >= 4 is 45.1 Å². The molecular formula is C19H17BrClF3N2O. The molecule has 1 N–H and O–H groups in total. The van der Waals surface area contributed by atoms with E-state index in [-0.39, 0.29) is 11.4 Å². The average molecular weight is 462 g/mol. The third-order valence-corrected chi connectivity index (χ3v) is 5.22. The summed E-state index contributed by atoms with van der Waals surface area (Å²) in [5.74, 6) is -0.0744. The number of aromatic hydroxyl groups is 1. The van der Waals surface area contributed by atoms with Gasteiger partial charge in [0.15, 0.2) is 0 Å². The number of benzene rings is 2. The lowest BCUT2D eigenvalue weighted by Crippen LogP contribution is -2.29. The maximum absolute atomic E-state index is 13.1. The van der Waals surface area contributed by atoms with Gasteiger partial charge in [-0.1, -0.05) is 11.6 Å². The van der Waals surface area contributed by atoms with Crippen molar-refractivity contribution in [1.29, 1.82) is 0 Å². The zero-order valence-corrected chi connectivity index (χ0v) is 16.6. The fraction of sp³-hybridized carbons (Fsp3) is 0.316. The molecule has 3 rings (SSSR count). The third-order valence-electron chi connectivity index (χ3n) is 4.40. The predicted octanol–water partition coefficient (Wildman–Crippen LogP) is 6.57. The average Bonchev–Trinajstić information content (AvgIpc) is 2.63. The number of rotatable bonds is 3. The van der Waals surface area contributed by atoms with E-state index in [1.165, 1.54) is 24.4 Å². The number of piperidine rings is 1. The molecule has 2 aromatic carbocycles. The molecule has 1 fully saturated rings. The fourth-order valence-electron chi connectivity index (χ4n) is 3.03. The molecule has 1 aliphatic heterocycles. The normalized spacial score (nSPS) is 15.5. The van der Waals surface area contributed by atoms with Crippen LogP contribution >= 0.6 is 27.5 Å². The summed E-state index contributed by atoms with van der Waals surface area (Å²) in [4.78, 5) is 6.31. The van der Waals surface area contributed by atoms with Gasteiger partial charge in [0.2, 0.25) is 0 Å². The Hall–Kier alpha value is -1.73. The highest BCUT2D eigenvalue weighted by atomic mass is 79.9. The minimum atomic E-state index is -4.45. The highest BCUT2D eigenvalue weighted by Gasteiger charge is 2.31. The van der Waals surface area contributed by atoms with Crippen LogP contribution in [0.3, 0.4) is 0 Å². The Kier molecular flexibility index (Phi) is 6.01. The number of aliphatic imine (C=N–C) groups is 1. The number of phenols is 1. The smallest absolute Gasteiger partial charge is 0.416 e. The Balaban J connectivity index is 2.03. The summed E-state index contributed by atoms with van der Waals surface area (Å²) < 4.78 is 39.8. The fourth-order valence-corrected chi connectivity index (χ4v) is 3.86. The molecule has 0 aromatic heterocycles. The van der Waals surface area contributed by atoms with Gasteiger partial charge in [0, 0.05) is 29.9 Å². The van der Waals surface area contributed by atoms with Crippen molar-refractivity contribution in [1.82, 2.24) is 0 Å². The number of anilines is 1. The minimum Gasteiger partial charge on any atom is -0.506 e. The second-order valence-corrected chi connectivity index (χ2v) is 7.62. The van der Waals surface area contributed by atoms with Crippen LogP contribution in [0.1, 0.15) is 30.4 Å². The zero-order chi connectivity index (χ0) is 19.6. The van der Waals surface area contributed by atoms with E-state index in [4.69, 9.17) is 11.6 Å². The van der Waals surface area contributed by atoms with Gasteiger partial charge in [-0.15, -0.1) is 0 Å². The molecule has 3 nitrogen and oxygen atoms in total. The summed E-state index contributed by atoms with van der Waals surface area (Å²) in [6.07, 6.45) is -0.0284. The first-order chi connectivity index (χ1) is 12.8. The van der Waals surface area contributed by atoms with Crippen LogP contribution in [0.25, 0.3) is 0 Å². The molecule has 1 heterocycles. The number of nitrogens with zero attached hydrogens (tertiary/aromatic N) is 2. The van der Waals surface area contributed by atoms with Gasteiger partial charge in [-0.2, -0.15) is 13.2 Å². The number of hydrogen-bond acceptors (Lipinski definition) is 3. The van der Waals surface area contributed by atoms with Crippen LogP contribution in [-0.4, -0.2) is 24.4 Å². The molecule has 0 saturated carbocycles. The lowest BCUT2D eigenvalue weighted by Gasteiger charge is -2.30. The van der Waals surface area contributed by atoms with Crippen LogP contribution < -0.4 is 4.90 Å². The first-order valence-electron chi connectivity index (χ1n) is 8.44. The van der Waals surface area contributed by atoms with Crippen LogP contribution in [0, 0.1) is 0 Å². The summed E-state index contributed by atoms with van der Waals surface area (Å²) in [6, 6.07) is 6.61. The first-order valence-corrected chi connectivity index (χ1v) is 9.61. The Morgan fingerprint density at radius 1 is 1.11 bits per heavy atom. The molecule has 1 saturated heterocycles. The molecule has 144 valence electrons. The van der Waals surface area contributed by atoms with Crippen molar-refractivity contribution < 1.29 is 18.3 Å². The van der Waals surface area contributed by atoms with Gasteiger partial charge in [0.25, 0.3) is 0 Å². The Bertz CT molecular complexity index is 865. The standard InChI is InChI=1S/C19H17BrClF3N2O/c20-15-10-14(21)8-12(18(15)27)11-25-16-9-13(19(22,23)24)4-5-17(16)26-6-2-1-3-7-26/h4-5,8-11,27H,1-3,6-7H2. The van der Waals surface area contributed by atoms with Gasteiger partial charge in [-0.05, 0) is 65.5 Å². The topological polar surface area (TPSA) is 35.8 Å². The molecule has 27 heavy (non-hydrogen) atoms. The number of halogens is 5. The van der Waals surface area contributed by atoms with E-state index in [9.17, 15) is 18.3 Å². The lowest BCUT2D eigenvalue weighted by molar-refractivity contribution is -0.137. The molecular weight excluding hydrogens is 445 g/mol. The van der Waals surface area contributed by atoms with E-state index >= 15 is 0 Å². The maximum Gasteiger partial charge on any atom is 0.416 e. The Morgan fingerprint density at radius 3 is 2.48 bits per heavy atom. The lowest BCUT2D eigenvalue weighted by atomic mass is 10.1. The quantitative estimate of drug-likeness (QED) is 0.525. The van der Waals surface area contributed by atoms with E-state index in [1.807, 2.05) is 4.90 Å². The second-order valence-electron chi connectivity index (χ2n) is 6.33. The van der Waals surface area contributed by atoms with E-state index in [0.29, 0.717) is 20.7 Å². The predicted molar refractivity (Wildman–Crippen MR) is 106 cm³/mol. The van der Waals surface area contributed by atoms with Crippen molar-refractivity contribution in [2.24, 2.45) is 4.99 Å². The van der Waals surface area contributed by atoms with E-state index < -0.39 is 11.7 Å². The van der Waals surface area contributed by atoms with Crippen LogP contribution in [0.15, 0.2) is 39.8 Å². The molecule has 0 aliphatic carbocycles. The number of phenolic OH excluding ortho intramolecular Hbond substituents is 1. The molecule has 0 radical (unpaired) electrons. The van der Waals surface area contributed by atoms with Gasteiger partial charge >= 0.3 is 6.18 Å². The molecule has 0 atom stereocenters. The van der Waals surface area contributed by atoms with Crippen molar-refractivity contribution in [2.75, 3.05) is 18.0 Å². The summed E-state index contributed by atoms with van der Waals surface area (Å²) in [5, 5.41) is 10.5. The van der Waals surface area contributed by atoms with Crippen LogP contribution in [0.4, 0.5) is 24.5 Å². The summed E-state index contributed by atoms with van der Waals surface area (Å²) in [6.45, 7) is 1.56. The second kappa shape index (κ2) is 8.10. The minimum absolute atomic E-state index is 0.0744. The maximum atomic E-state index is 13.1. The molecule has 2 aromatic rings. The molecule has 0 unspecified atom stereocenters. The molecule has 1 aliphatic rings. The van der Waals surface area contributed by atoms with Gasteiger partial charge in [-0.3, -0.25) is 4.99 Å². The highest BCUT2D eigenvalue weighted by Crippen LogP contribution is 2.38. The van der Waals surface area contributed by atoms with Crippen LogP contribution in [-0.2, 0) is 6.18 Å². The molecule has 8 heteroatoms. The number of alkyl halides is 3. The highest BCUT2D eigenvalue weighted by molar-refractivity contribution is 9.10. The third kappa shape index (κ3) is 4.76. The molecule has 0 spiro atoms. The van der Waals surface area contributed by atoms with Gasteiger partial charge in [-0.25, -0.2) is 0 Å². The molecule has 0 bridgehead atoms. The van der Waals surface area contributed by atoms with Crippen molar-refractivity contribution in [3.8, 4) is 5.75 Å². The van der Waals surface area contributed by atoms with Crippen LogP contribution in [0.5, 0.6) is 5.75 Å². The number of hydrogen-bond donors (Lipinski definition) is 1. The summed E-state index contributed by atoms with van der Waals surface area (Å²) in [7, 11) is 0. The monoisotopic (exact) mass is 460 g/mol. The largest absolute Gasteiger partial charge is 0.506 e. The first kappa shape index (κ1) is 20.0. The van der Waals surface area contributed by atoms with Gasteiger partial charge < -0.3 is 10.0 Å². The Labute approximate surface area is 168 Å². The van der Waals surface area contributed by atoms with Crippen molar-refractivity contribution in [3.63, 3.8) is 0 Å². The van der Waals surface area contributed by atoms with E-state index in [2.05, 4.69) is 20.9 Å². The van der Waals surface area contributed by atoms with Crippen LogP contribution in [0.2, 0.25) is 5.02 Å². The van der Waals surface area contributed by atoms with Crippen molar-refractivity contribution in [3.05, 3.63) is 51.0 Å². The summed E-state index contributed by atoms with van der Waals surface area (Å²) in [5.41, 5.74) is 0.421. The van der Waals surface area contributed by atoms with E-state index in [0.717, 1.165) is 44.5 Å². The zero-order valence-electron chi connectivity index (χ0n) is 14.2.